The highest BCUT2D eigenvalue weighted by molar-refractivity contribution is 6.08. The number of nitriles is 1. The molecule has 0 amide bonds. The van der Waals surface area contributed by atoms with E-state index >= 15 is 0 Å². The summed E-state index contributed by atoms with van der Waals surface area (Å²) in [5.41, 5.74) is 3.96. The molecule has 1 aliphatic heterocycles. The monoisotopic (exact) mass is 426 g/mol. The van der Waals surface area contributed by atoms with Crippen LogP contribution in [0.5, 0.6) is 0 Å². The summed E-state index contributed by atoms with van der Waals surface area (Å²) in [6.45, 7) is 10.4. The van der Waals surface area contributed by atoms with E-state index in [1.54, 1.807) is 6.20 Å². The second kappa shape index (κ2) is 12.9. The van der Waals surface area contributed by atoms with E-state index in [-0.39, 0.29) is 5.57 Å². The average Bonchev–Trinajstić information content (AvgIpc) is 3.58. The molecule has 0 saturated heterocycles. The lowest BCUT2D eigenvalue weighted by atomic mass is 9.92. The van der Waals surface area contributed by atoms with E-state index in [0.29, 0.717) is 44.5 Å². The van der Waals surface area contributed by atoms with Gasteiger partial charge in [-0.25, -0.2) is 4.79 Å². The van der Waals surface area contributed by atoms with E-state index < -0.39 is 5.97 Å². The molecule has 3 rings (SSSR count). The molecule has 1 aliphatic carbocycles. The van der Waals surface area contributed by atoms with Crippen LogP contribution >= 0.6 is 0 Å². The van der Waals surface area contributed by atoms with E-state index in [9.17, 15) is 9.90 Å². The Morgan fingerprint density at radius 1 is 1.23 bits per heavy atom. The second-order valence-corrected chi connectivity index (χ2v) is 7.76. The quantitative estimate of drug-likeness (QED) is 0.504. The number of carboxylic acid groups (broad SMARTS) is 1. The van der Waals surface area contributed by atoms with Gasteiger partial charge in [-0.2, -0.15) is 5.26 Å². The normalized spacial score (nSPS) is 14.8. The van der Waals surface area contributed by atoms with Gasteiger partial charge in [0.25, 0.3) is 0 Å². The van der Waals surface area contributed by atoms with Gasteiger partial charge in [-0.3, -0.25) is 0 Å². The number of ether oxygens (including phenoxy) is 2. The Hall–Kier alpha value is -2.62. The first-order valence-corrected chi connectivity index (χ1v) is 11.1. The Balaban J connectivity index is 0.00000107. The first-order chi connectivity index (χ1) is 15.0. The zero-order chi connectivity index (χ0) is 22.6. The van der Waals surface area contributed by atoms with Crippen LogP contribution in [0.1, 0.15) is 57.1 Å². The zero-order valence-corrected chi connectivity index (χ0v) is 18.7. The lowest BCUT2D eigenvalue weighted by Gasteiger charge is -2.30. The number of carboxylic acids is 1. The van der Waals surface area contributed by atoms with Crippen LogP contribution in [0.2, 0.25) is 0 Å². The van der Waals surface area contributed by atoms with Crippen LogP contribution in [0, 0.1) is 11.3 Å². The Labute approximate surface area is 185 Å². The summed E-state index contributed by atoms with van der Waals surface area (Å²) >= 11 is 0. The van der Waals surface area contributed by atoms with Crippen LogP contribution in [-0.2, 0) is 20.7 Å². The Kier molecular flexibility index (Phi) is 10.3. The number of aryl methyl sites for hydroxylation is 1. The number of carbonyl (C=O) groups is 1. The molecule has 31 heavy (non-hydrogen) atoms. The van der Waals surface area contributed by atoms with Crippen molar-refractivity contribution in [2.24, 2.45) is 0 Å². The lowest BCUT2D eigenvalue weighted by Crippen LogP contribution is -2.26. The highest BCUT2D eigenvalue weighted by Crippen LogP contribution is 2.42. The minimum Gasteiger partial charge on any atom is -0.478 e. The van der Waals surface area contributed by atoms with Crippen molar-refractivity contribution in [3.05, 3.63) is 47.7 Å². The molecule has 6 nitrogen and oxygen atoms in total. The zero-order valence-electron chi connectivity index (χ0n) is 18.7. The highest BCUT2D eigenvalue weighted by atomic mass is 16.5. The summed E-state index contributed by atoms with van der Waals surface area (Å²) in [4.78, 5) is 13.7. The van der Waals surface area contributed by atoms with Crippen molar-refractivity contribution in [3.63, 3.8) is 0 Å². The Morgan fingerprint density at radius 2 is 1.90 bits per heavy atom. The summed E-state index contributed by atoms with van der Waals surface area (Å²) in [5, 5.41) is 17.9. The molecular weight excluding hydrogens is 392 g/mol. The van der Waals surface area contributed by atoms with Crippen LogP contribution in [0.3, 0.4) is 0 Å². The molecule has 1 aromatic rings. The molecule has 0 radical (unpaired) electrons. The number of hydrogen-bond donors (Lipinski definition) is 1. The third kappa shape index (κ3) is 7.54. The molecule has 1 N–H and O–H groups in total. The molecular formula is C25H34N2O4. The minimum atomic E-state index is -0.933. The fraction of sp³-hybridized carbons (Fsp3) is 0.520. The van der Waals surface area contributed by atoms with Gasteiger partial charge < -0.3 is 19.5 Å². The van der Waals surface area contributed by atoms with Gasteiger partial charge >= 0.3 is 5.97 Å². The maximum Gasteiger partial charge on any atom is 0.337 e. The number of benzene rings is 1. The van der Waals surface area contributed by atoms with Crippen molar-refractivity contribution in [2.75, 3.05) is 31.3 Å². The van der Waals surface area contributed by atoms with E-state index in [2.05, 4.69) is 43.5 Å². The summed E-state index contributed by atoms with van der Waals surface area (Å²) in [5.74, 6) is -0.933. The fourth-order valence-electron chi connectivity index (χ4n) is 3.29. The van der Waals surface area contributed by atoms with Crippen molar-refractivity contribution < 1.29 is 19.4 Å². The maximum atomic E-state index is 11.6. The van der Waals surface area contributed by atoms with Crippen molar-refractivity contribution in [2.45, 2.75) is 58.4 Å². The SMILES string of the molecule is C=C1C(C(=O)O)=CN(C2CC2)c2ccc(CCCOCCOCCC#N)cc21.CCC. The van der Waals surface area contributed by atoms with Crippen LogP contribution in [0.4, 0.5) is 5.69 Å². The largest absolute Gasteiger partial charge is 0.478 e. The first-order valence-electron chi connectivity index (χ1n) is 11.1. The van der Waals surface area contributed by atoms with Gasteiger partial charge in [0.15, 0.2) is 0 Å². The van der Waals surface area contributed by atoms with Gasteiger partial charge in [0, 0.05) is 30.1 Å². The number of nitrogens with zero attached hydrogens (tertiary/aromatic N) is 2. The lowest BCUT2D eigenvalue weighted by molar-refractivity contribution is -0.132. The molecule has 6 heteroatoms. The van der Waals surface area contributed by atoms with Crippen molar-refractivity contribution in [1.29, 1.82) is 5.26 Å². The number of rotatable bonds is 11. The summed E-state index contributed by atoms with van der Waals surface area (Å²) in [6, 6.07) is 8.67. The Bertz CT molecular complexity index is 821. The third-order valence-corrected chi connectivity index (χ3v) is 4.91. The Morgan fingerprint density at radius 3 is 2.52 bits per heavy atom. The summed E-state index contributed by atoms with van der Waals surface area (Å²) < 4.78 is 10.8. The molecule has 1 heterocycles. The van der Waals surface area contributed by atoms with Gasteiger partial charge in [-0.1, -0.05) is 32.9 Å². The van der Waals surface area contributed by atoms with Gasteiger partial charge in [-0.05, 0) is 49.0 Å². The maximum absolute atomic E-state index is 11.6. The van der Waals surface area contributed by atoms with E-state index in [1.807, 2.05) is 6.07 Å². The molecule has 0 aromatic heterocycles. The number of anilines is 1. The molecule has 168 valence electrons. The smallest absolute Gasteiger partial charge is 0.337 e. The van der Waals surface area contributed by atoms with Gasteiger partial charge in [-0.15, -0.1) is 0 Å². The third-order valence-electron chi connectivity index (χ3n) is 4.91. The molecule has 1 fully saturated rings. The van der Waals surface area contributed by atoms with Gasteiger partial charge in [0.05, 0.1) is 37.9 Å². The van der Waals surface area contributed by atoms with Crippen molar-refractivity contribution in [3.8, 4) is 6.07 Å². The molecule has 0 spiro atoms. The predicted octanol–water partition coefficient (Wildman–Crippen LogP) is 4.95. The summed E-state index contributed by atoms with van der Waals surface area (Å²) in [6.07, 6.45) is 7.30. The number of aliphatic carboxylic acids is 1. The standard InChI is InChI=1S/C22H26N2O4.C3H8/c1-16-19-14-17(4-2-10-27-12-13-28-11-3-9-23)5-8-21(19)24(18-6-7-18)15-20(16)22(25)26;1-3-2/h5,8,14-15,18H,1-4,6-7,10-13H2,(H,25,26);3H2,1-2H3. The molecule has 1 saturated carbocycles. The number of fused-ring (bicyclic) bond motifs is 1. The van der Waals surface area contributed by atoms with E-state index in [0.717, 1.165) is 42.5 Å². The van der Waals surface area contributed by atoms with Gasteiger partial charge in [0.1, 0.15) is 0 Å². The van der Waals surface area contributed by atoms with E-state index in [4.69, 9.17) is 14.7 Å². The van der Waals surface area contributed by atoms with Crippen LogP contribution in [-0.4, -0.2) is 43.5 Å². The topological polar surface area (TPSA) is 82.8 Å². The van der Waals surface area contributed by atoms with Crippen molar-refractivity contribution >= 4 is 17.2 Å². The molecule has 2 aliphatic rings. The first kappa shape index (κ1) is 24.6. The van der Waals surface area contributed by atoms with Crippen molar-refractivity contribution in [1.82, 2.24) is 0 Å². The minimum absolute atomic E-state index is 0.274. The predicted molar refractivity (Wildman–Crippen MR) is 123 cm³/mol. The van der Waals surface area contributed by atoms with Crippen LogP contribution < -0.4 is 4.90 Å². The molecule has 0 atom stereocenters. The van der Waals surface area contributed by atoms with Crippen LogP contribution in [0.25, 0.3) is 5.57 Å². The number of hydrogen-bond acceptors (Lipinski definition) is 5. The average molecular weight is 427 g/mol. The highest BCUT2D eigenvalue weighted by Gasteiger charge is 2.34. The second-order valence-electron chi connectivity index (χ2n) is 7.76. The molecule has 0 unspecified atom stereocenters. The van der Waals surface area contributed by atoms with E-state index in [1.165, 1.54) is 6.42 Å². The van der Waals surface area contributed by atoms with Crippen LogP contribution in [0.15, 0.2) is 36.6 Å². The summed E-state index contributed by atoms with van der Waals surface area (Å²) in [7, 11) is 0. The van der Waals surface area contributed by atoms with Gasteiger partial charge in [0.2, 0.25) is 0 Å². The molecule has 1 aromatic carbocycles. The molecule has 0 bridgehead atoms. The fourth-order valence-corrected chi connectivity index (χ4v) is 3.29.